The van der Waals surface area contributed by atoms with Crippen LogP contribution in [0.15, 0.2) is 53.5 Å². The number of likely N-dealkylation sites (N-methyl/N-ethyl adjacent to an activating group) is 1. The fraction of sp³-hybridized carbons (Fsp3) is 0.333. The average Bonchev–Trinajstić information content (AvgIpc) is 3.18. The van der Waals surface area contributed by atoms with Gasteiger partial charge in [0.25, 0.3) is 0 Å². The van der Waals surface area contributed by atoms with E-state index in [2.05, 4.69) is 27.8 Å². The Kier molecular flexibility index (Phi) is 9.04. The molecule has 156 valence electrons. The second-order valence-electron chi connectivity index (χ2n) is 6.66. The highest BCUT2D eigenvalue weighted by Crippen LogP contribution is 2.32. The van der Waals surface area contributed by atoms with Crippen molar-refractivity contribution in [3.63, 3.8) is 0 Å². The number of hydrogen-bond acceptors (Lipinski definition) is 4. The Morgan fingerprint density at radius 3 is 2.55 bits per heavy atom. The number of carbonyl (C=O) groups is 1. The summed E-state index contributed by atoms with van der Waals surface area (Å²) in [7, 11) is 3.46. The number of hydrogen-bond donors (Lipinski definition) is 2. The van der Waals surface area contributed by atoms with Gasteiger partial charge in [-0.05, 0) is 29.7 Å². The van der Waals surface area contributed by atoms with E-state index in [1.807, 2.05) is 36.4 Å². The number of nitrogens with zero attached hydrogens (tertiary/aromatic N) is 2. The van der Waals surface area contributed by atoms with Crippen LogP contribution >= 0.6 is 24.0 Å². The molecule has 7 nitrogen and oxygen atoms in total. The molecule has 2 N–H and O–H groups in total. The molecule has 2 aromatic rings. The molecular weight excluding hydrogens is 483 g/mol. The number of rotatable bonds is 7. The molecule has 8 heteroatoms. The van der Waals surface area contributed by atoms with Gasteiger partial charge in [0.2, 0.25) is 12.7 Å². The van der Waals surface area contributed by atoms with Crippen molar-refractivity contribution in [1.29, 1.82) is 0 Å². The largest absolute Gasteiger partial charge is 0.454 e. The fourth-order valence-electron chi connectivity index (χ4n) is 2.67. The average molecular weight is 510 g/mol. The van der Waals surface area contributed by atoms with Gasteiger partial charge in [0.1, 0.15) is 0 Å². The summed E-state index contributed by atoms with van der Waals surface area (Å²) in [6, 6.07) is 16.0. The molecule has 1 amide bonds. The third kappa shape index (κ3) is 7.12. The van der Waals surface area contributed by atoms with Crippen molar-refractivity contribution in [2.75, 3.05) is 34.0 Å². The van der Waals surface area contributed by atoms with Gasteiger partial charge < -0.3 is 25.0 Å². The van der Waals surface area contributed by atoms with E-state index in [9.17, 15) is 4.79 Å². The molecule has 0 bridgehead atoms. The number of carbonyl (C=O) groups excluding carboxylic acids is 1. The van der Waals surface area contributed by atoms with Gasteiger partial charge >= 0.3 is 0 Å². The highest BCUT2D eigenvalue weighted by Gasteiger charge is 2.13. The molecule has 0 aliphatic carbocycles. The van der Waals surface area contributed by atoms with Crippen molar-refractivity contribution >= 4 is 35.8 Å². The predicted molar refractivity (Wildman–Crippen MR) is 124 cm³/mol. The molecule has 0 saturated carbocycles. The lowest BCUT2D eigenvalue weighted by Crippen LogP contribution is -2.43. The van der Waals surface area contributed by atoms with Crippen LogP contribution in [0.2, 0.25) is 0 Å². The van der Waals surface area contributed by atoms with E-state index in [-0.39, 0.29) is 43.2 Å². The monoisotopic (exact) mass is 510 g/mol. The first-order chi connectivity index (χ1) is 13.6. The molecule has 0 fully saturated rings. The fourth-order valence-corrected chi connectivity index (χ4v) is 2.67. The van der Waals surface area contributed by atoms with E-state index in [4.69, 9.17) is 9.47 Å². The Balaban J connectivity index is 0.00000300. The molecule has 0 atom stereocenters. The second-order valence-corrected chi connectivity index (χ2v) is 6.66. The lowest BCUT2D eigenvalue weighted by molar-refractivity contribution is -0.127. The Morgan fingerprint density at radius 1 is 1.03 bits per heavy atom. The number of ether oxygens (including phenoxy) is 2. The third-order valence-electron chi connectivity index (χ3n) is 4.31. The SMILES string of the molecule is CN(C)C(=O)CNC(=NCc1ccc2c(c1)OCO2)NCCc1ccccc1.I. The molecule has 0 spiro atoms. The first-order valence-electron chi connectivity index (χ1n) is 9.26. The molecule has 0 radical (unpaired) electrons. The minimum absolute atomic E-state index is 0. The standard InChI is InChI=1S/C21H26N4O3.HI/c1-25(2)20(26)14-24-21(22-11-10-16-6-4-3-5-7-16)23-13-17-8-9-18-19(12-17)28-15-27-18;/h3-9,12H,10-11,13-15H2,1-2H3,(H2,22,23,24);1H. The zero-order valence-electron chi connectivity index (χ0n) is 16.7. The molecule has 1 aliphatic rings. The number of guanidine groups is 1. The van der Waals surface area contributed by atoms with Crippen molar-refractivity contribution < 1.29 is 14.3 Å². The van der Waals surface area contributed by atoms with Crippen LogP contribution in [0.25, 0.3) is 0 Å². The van der Waals surface area contributed by atoms with Gasteiger partial charge in [-0.3, -0.25) is 4.79 Å². The molecule has 0 unspecified atom stereocenters. The minimum atomic E-state index is -0.0133. The minimum Gasteiger partial charge on any atom is -0.454 e. The zero-order valence-corrected chi connectivity index (χ0v) is 19.0. The van der Waals surface area contributed by atoms with Crippen LogP contribution in [0.1, 0.15) is 11.1 Å². The normalized spacial score (nSPS) is 12.1. The number of nitrogens with one attached hydrogen (secondary N) is 2. The molecule has 29 heavy (non-hydrogen) atoms. The summed E-state index contributed by atoms with van der Waals surface area (Å²) in [6.07, 6.45) is 0.868. The Bertz CT molecular complexity index is 828. The van der Waals surface area contributed by atoms with Gasteiger partial charge in [0.15, 0.2) is 17.5 Å². The summed E-state index contributed by atoms with van der Waals surface area (Å²) in [5, 5.41) is 6.40. The van der Waals surface area contributed by atoms with Gasteiger partial charge in [0, 0.05) is 20.6 Å². The van der Waals surface area contributed by atoms with Crippen LogP contribution in [0, 0.1) is 0 Å². The van der Waals surface area contributed by atoms with Gasteiger partial charge in [-0.2, -0.15) is 0 Å². The van der Waals surface area contributed by atoms with Crippen molar-refractivity contribution in [3.8, 4) is 11.5 Å². The first kappa shape index (κ1) is 22.8. The summed E-state index contributed by atoms with van der Waals surface area (Å²) in [5.74, 6) is 2.08. The molecule has 1 heterocycles. The van der Waals surface area contributed by atoms with E-state index < -0.39 is 0 Å². The Labute approximate surface area is 188 Å². The maximum atomic E-state index is 11.9. The molecule has 3 rings (SSSR count). The summed E-state index contributed by atoms with van der Waals surface area (Å²) < 4.78 is 10.7. The van der Waals surface area contributed by atoms with E-state index in [0.29, 0.717) is 19.0 Å². The number of amides is 1. The summed E-state index contributed by atoms with van der Waals surface area (Å²) in [6.45, 7) is 1.62. The van der Waals surface area contributed by atoms with Crippen molar-refractivity contribution in [3.05, 3.63) is 59.7 Å². The molecule has 0 aromatic heterocycles. The van der Waals surface area contributed by atoms with Gasteiger partial charge in [-0.1, -0.05) is 36.4 Å². The van der Waals surface area contributed by atoms with E-state index in [0.717, 1.165) is 23.5 Å². The van der Waals surface area contributed by atoms with E-state index in [1.54, 1.807) is 19.0 Å². The third-order valence-corrected chi connectivity index (χ3v) is 4.31. The highest BCUT2D eigenvalue weighted by molar-refractivity contribution is 14.0. The lowest BCUT2D eigenvalue weighted by atomic mass is 10.1. The van der Waals surface area contributed by atoms with Crippen LogP contribution in [-0.2, 0) is 17.8 Å². The number of halogens is 1. The summed E-state index contributed by atoms with van der Waals surface area (Å²) in [4.78, 5) is 18.1. The number of fused-ring (bicyclic) bond motifs is 1. The first-order valence-corrected chi connectivity index (χ1v) is 9.26. The van der Waals surface area contributed by atoms with Crippen LogP contribution in [0.4, 0.5) is 0 Å². The Morgan fingerprint density at radius 2 is 1.79 bits per heavy atom. The van der Waals surface area contributed by atoms with Gasteiger partial charge in [-0.15, -0.1) is 24.0 Å². The number of benzene rings is 2. The quantitative estimate of drug-likeness (QED) is 0.340. The molecule has 0 saturated heterocycles. The van der Waals surface area contributed by atoms with Gasteiger partial charge in [-0.25, -0.2) is 4.99 Å². The van der Waals surface area contributed by atoms with Crippen LogP contribution in [0.5, 0.6) is 11.5 Å². The van der Waals surface area contributed by atoms with Crippen molar-refractivity contribution in [2.45, 2.75) is 13.0 Å². The Hall–Kier alpha value is -2.49. The molecule has 1 aliphatic heterocycles. The van der Waals surface area contributed by atoms with E-state index >= 15 is 0 Å². The predicted octanol–water partition coefficient (Wildman–Crippen LogP) is 2.40. The van der Waals surface area contributed by atoms with Crippen molar-refractivity contribution in [2.24, 2.45) is 4.99 Å². The topological polar surface area (TPSA) is 75.2 Å². The lowest BCUT2D eigenvalue weighted by Gasteiger charge is -2.15. The van der Waals surface area contributed by atoms with Gasteiger partial charge in [0.05, 0.1) is 13.1 Å². The second kappa shape index (κ2) is 11.5. The molecular formula is C21H27IN4O3. The number of aliphatic imine (C=N–C) groups is 1. The maximum absolute atomic E-state index is 11.9. The van der Waals surface area contributed by atoms with Crippen molar-refractivity contribution in [1.82, 2.24) is 15.5 Å². The van der Waals surface area contributed by atoms with Crippen LogP contribution in [-0.4, -0.2) is 50.7 Å². The highest BCUT2D eigenvalue weighted by atomic mass is 127. The summed E-state index contributed by atoms with van der Waals surface area (Å²) in [5.41, 5.74) is 2.25. The van der Waals surface area contributed by atoms with E-state index in [1.165, 1.54) is 5.56 Å². The van der Waals surface area contributed by atoms with Crippen LogP contribution < -0.4 is 20.1 Å². The molecule has 2 aromatic carbocycles. The summed E-state index contributed by atoms with van der Waals surface area (Å²) >= 11 is 0. The van der Waals surface area contributed by atoms with Crippen LogP contribution in [0.3, 0.4) is 0 Å². The zero-order chi connectivity index (χ0) is 19.8. The smallest absolute Gasteiger partial charge is 0.241 e. The maximum Gasteiger partial charge on any atom is 0.241 e.